The minimum atomic E-state index is -1.20. The molecule has 1 aromatic carbocycles. The molecule has 0 radical (unpaired) electrons. The Balaban J connectivity index is 1.32. The first kappa shape index (κ1) is 18.3. The van der Waals surface area contributed by atoms with E-state index in [0.29, 0.717) is 36.6 Å². The van der Waals surface area contributed by atoms with Crippen LogP contribution in [0.3, 0.4) is 0 Å². The summed E-state index contributed by atoms with van der Waals surface area (Å²) in [5.41, 5.74) is 3.71. The molecule has 0 bridgehead atoms. The lowest BCUT2D eigenvalue weighted by molar-refractivity contribution is -0.173. The molecule has 1 aromatic rings. The van der Waals surface area contributed by atoms with Crippen molar-refractivity contribution >= 4 is 5.78 Å². The van der Waals surface area contributed by atoms with Crippen LogP contribution in [0.2, 0.25) is 0 Å². The Morgan fingerprint density at radius 3 is 2.79 bits per heavy atom. The maximum Gasteiger partial charge on any atom is 0.189 e. The zero-order chi connectivity index (χ0) is 19.4. The minimum absolute atomic E-state index is 0.0723. The number of carbonyl (C=O) groups is 1. The molecule has 3 saturated carbocycles. The fourth-order valence-electron chi connectivity index (χ4n) is 6.46. The number of fused-ring (bicyclic) bond motifs is 5. The van der Waals surface area contributed by atoms with Gasteiger partial charge < -0.3 is 9.84 Å². The van der Waals surface area contributed by atoms with Crippen molar-refractivity contribution in [3.05, 3.63) is 59.2 Å². The Hall–Kier alpha value is -1.71. The third-order valence-electron chi connectivity index (χ3n) is 8.01. The first-order valence-electron chi connectivity index (χ1n) is 10.8. The zero-order valence-electron chi connectivity index (χ0n) is 16.7. The molecule has 1 unspecified atom stereocenters. The number of hydrogen-bond acceptors (Lipinski definition) is 3. The maximum atomic E-state index is 12.5. The molecule has 5 rings (SSSR count). The average Bonchev–Trinajstić information content (AvgIpc) is 3.02. The van der Waals surface area contributed by atoms with Gasteiger partial charge in [-0.2, -0.15) is 0 Å². The predicted molar refractivity (Wildman–Crippen MR) is 108 cm³/mol. The van der Waals surface area contributed by atoms with E-state index in [1.807, 2.05) is 36.4 Å². The fraction of sp³-hybridized carbons (Fsp3) is 0.560. The molecular weight excluding hydrogens is 348 g/mol. The molecule has 5 atom stereocenters. The lowest BCUT2D eigenvalue weighted by Gasteiger charge is -2.50. The van der Waals surface area contributed by atoms with Crippen molar-refractivity contribution < 1.29 is 14.6 Å². The second-order valence-electron chi connectivity index (χ2n) is 9.49. The number of carbonyl (C=O) groups excluding carboxylic acids is 1. The van der Waals surface area contributed by atoms with Crippen LogP contribution in [0.5, 0.6) is 0 Å². The van der Waals surface area contributed by atoms with E-state index in [0.717, 1.165) is 44.1 Å². The summed E-state index contributed by atoms with van der Waals surface area (Å²) >= 11 is 0. The van der Waals surface area contributed by atoms with Crippen LogP contribution >= 0.6 is 0 Å². The summed E-state index contributed by atoms with van der Waals surface area (Å²) in [6.45, 7) is 2.64. The SMILES string of the molecule is C[C@]12CC[C@@H]3C4=CCC(O)(OCc5ccccc5)C=C4CC[C@H]3[C@@H]1CCC2=O. The molecule has 0 aromatic heterocycles. The number of Topliss-reactive ketones (excluding diaryl/α,β-unsaturated/α-hetero) is 1. The first-order chi connectivity index (χ1) is 13.5. The molecule has 4 aliphatic carbocycles. The summed E-state index contributed by atoms with van der Waals surface area (Å²) in [6.07, 6.45) is 10.8. The second-order valence-corrected chi connectivity index (χ2v) is 9.49. The van der Waals surface area contributed by atoms with E-state index in [-0.39, 0.29) is 5.41 Å². The smallest absolute Gasteiger partial charge is 0.189 e. The largest absolute Gasteiger partial charge is 0.362 e. The van der Waals surface area contributed by atoms with E-state index < -0.39 is 5.79 Å². The van der Waals surface area contributed by atoms with Crippen molar-refractivity contribution in [3.8, 4) is 0 Å². The van der Waals surface area contributed by atoms with Gasteiger partial charge in [-0.15, -0.1) is 0 Å². The van der Waals surface area contributed by atoms with Crippen molar-refractivity contribution in [2.75, 3.05) is 0 Å². The second kappa shape index (κ2) is 6.67. The number of hydrogen-bond donors (Lipinski definition) is 1. The molecule has 4 aliphatic rings. The van der Waals surface area contributed by atoms with Gasteiger partial charge in [0.1, 0.15) is 5.78 Å². The molecule has 3 heteroatoms. The van der Waals surface area contributed by atoms with Crippen molar-refractivity contribution in [2.24, 2.45) is 23.2 Å². The summed E-state index contributed by atoms with van der Waals surface area (Å²) in [6, 6.07) is 10.0. The topological polar surface area (TPSA) is 46.5 Å². The Morgan fingerprint density at radius 2 is 1.96 bits per heavy atom. The van der Waals surface area contributed by atoms with Crippen LogP contribution in [-0.2, 0) is 16.1 Å². The van der Waals surface area contributed by atoms with Gasteiger partial charge in [0.2, 0.25) is 0 Å². The van der Waals surface area contributed by atoms with Gasteiger partial charge >= 0.3 is 0 Å². The molecule has 0 saturated heterocycles. The summed E-state index contributed by atoms with van der Waals surface area (Å²) < 4.78 is 5.93. The van der Waals surface area contributed by atoms with Crippen molar-refractivity contribution in [1.29, 1.82) is 0 Å². The monoisotopic (exact) mass is 378 g/mol. The Morgan fingerprint density at radius 1 is 1.14 bits per heavy atom. The molecule has 148 valence electrons. The molecule has 0 heterocycles. The van der Waals surface area contributed by atoms with Crippen molar-refractivity contribution in [2.45, 2.75) is 64.3 Å². The predicted octanol–water partition coefficient (Wildman–Crippen LogP) is 4.95. The molecule has 28 heavy (non-hydrogen) atoms. The number of ketones is 1. The standard InChI is InChI=1S/C25H30O3/c1-24-13-11-20-19-12-14-25(27,28-16-17-5-3-2-4-6-17)15-18(19)7-8-21(20)22(24)9-10-23(24)26/h2-6,12,15,20-22,27H,7-11,13-14,16H2,1H3/t20-,21-,22+,24+,25?/m1/s1. The van der Waals surface area contributed by atoms with Gasteiger partial charge in [0.15, 0.2) is 5.79 Å². The van der Waals surface area contributed by atoms with Gasteiger partial charge in [0.25, 0.3) is 0 Å². The van der Waals surface area contributed by atoms with Gasteiger partial charge in [0.05, 0.1) is 6.61 Å². The van der Waals surface area contributed by atoms with E-state index in [4.69, 9.17) is 4.74 Å². The molecule has 3 fully saturated rings. The highest BCUT2D eigenvalue weighted by molar-refractivity contribution is 5.87. The van der Waals surface area contributed by atoms with Crippen LogP contribution < -0.4 is 0 Å². The van der Waals surface area contributed by atoms with Crippen LogP contribution in [-0.4, -0.2) is 16.7 Å². The number of ether oxygens (including phenoxy) is 1. The van der Waals surface area contributed by atoms with E-state index in [1.54, 1.807) is 0 Å². The number of aliphatic hydroxyl groups is 1. The van der Waals surface area contributed by atoms with E-state index in [9.17, 15) is 9.90 Å². The van der Waals surface area contributed by atoms with Gasteiger partial charge in [-0.1, -0.05) is 43.3 Å². The molecule has 3 nitrogen and oxygen atoms in total. The lowest BCUT2D eigenvalue weighted by Crippen LogP contribution is -2.44. The van der Waals surface area contributed by atoms with Crippen LogP contribution in [0.4, 0.5) is 0 Å². The highest BCUT2D eigenvalue weighted by Crippen LogP contribution is 2.60. The van der Waals surface area contributed by atoms with E-state index in [1.165, 1.54) is 11.1 Å². The fourth-order valence-corrected chi connectivity index (χ4v) is 6.46. The van der Waals surface area contributed by atoms with Crippen molar-refractivity contribution in [1.82, 2.24) is 0 Å². The molecule has 1 N–H and O–H groups in total. The van der Waals surface area contributed by atoms with E-state index >= 15 is 0 Å². The normalized spacial score (nSPS) is 39.5. The highest BCUT2D eigenvalue weighted by atomic mass is 16.6. The number of rotatable bonds is 3. The van der Waals surface area contributed by atoms with E-state index in [2.05, 4.69) is 13.0 Å². The maximum absolute atomic E-state index is 12.5. The van der Waals surface area contributed by atoms with Gasteiger partial charge in [-0.3, -0.25) is 4.79 Å². The summed E-state index contributed by atoms with van der Waals surface area (Å²) in [7, 11) is 0. The summed E-state index contributed by atoms with van der Waals surface area (Å²) in [4.78, 5) is 12.5. The van der Waals surface area contributed by atoms with Crippen LogP contribution in [0.25, 0.3) is 0 Å². The Labute approximate surface area is 167 Å². The highest BCUT2D eigenvalue weighted by Gasteiger charge is 2.55. The Kier molecular flexibility index (Phi) is 4.37. The molecular formula is C25H30O3. The quantitative estimate of drug-likeness (QED) is 0.757. The van der Waals surface area contributed by atoms with Crippen LogP contribution in [0.15, 0.2) is 53.6 Å². The lowest BCUT2D eigenvalue weighted by atomic mass is 9.54. The van der Waals surface area contributed by atoms with Gasteiger partial charge in [-0.05, 0) is 72.6 Å². The molecule has 0 aliphatic heterocycles. The summed E-state index contributed by atoms with van der Waals surface area (Å²) in [5, 5.41) is 11.0. The van der Waals surface area contributed by atoms with Crippen LogP contribution in [0, 0.1) is 23.2 Å². The van der Waals surface area contributed by atoms with Crippen molar-refractivity contribution in [3.63, 3.8) is 0 Å². The average molecular weight is 379 g/mol. The number of allylic oxidation sites excluding steroid dienone is 2. The van der Waals surface area contributed by atoms with Gasteiger partial charge in [-0.25, -0.2) is 0 Å². The summed E-state index contributed by atoms with van der Waals surface area (Å²) in [5.74, 6) is 1.04. The molecule has 0 spiro atoms. The van der Waals surface area contributed by atoms with Gasteiger partial charge in [0, 0.05) is 18.3 Å². The minimum Gasteiger partial charge on any atom is -0.362 e. The zero-order valence-corrected chi connectivity index (χ0v) is 16.7. The third kappa shape index (κ3) is 2.91. The van der Waals surface area contributed by atoms with Crippen LogP contribution in [0.1, 0.15) is 57.4 Å². The molecule has 0 amide bonds. The number of benzene rings is 1. The third-order valence-corrected chi connectivity index (χ3v) is 8.01. The first-order valence-corrected chi connectivity index (χ1v) is 10.8. The Bertz CT molecular complexity index is 839.